The van der Waals surface area contributed by atoms with Gasteiger partial charge in [-0.2, -0.15) is 0 Å². The molecule has 1 unspecified atom stereocenters. The summed E-state index contributed by atoms with van der Waals surface area (Å²) in [5.41, 5.74) is 1.34. The lowest BCUT2D eigenvalue weighted by Gasteiger charge is -2.15. The van der Waals surface area contributed by atoms with Gasteiger partial charge in [-0.3, -0.25) is 4.79 Å². The molecule has 0 spiro atoms. The zero-order valence-electron chi connectivity index (χ0n) is 10.8. The Labute approximate surface area is 119 Å². The molecule has 1 atom stereocenters. The average molecular weight is 286 g/mol. The van der Waals surface area contributed by atoms with Crippen molar-refractivity contribution in [1.82, 2.24) is 0 Å². The minimum absolute atomic E-state index is 0.0511. The fraction of sp³-hybridized carbons (Fsp3) is 0.0667. The maximum atomic E-state index is 13.3. The minimum Gasteiger partial charge on any atom is -0.478 e. The maximum absolute atomic E-state index is 13.3. The summed E-state index contributed by atoms with van der Waals surface area (Å²) in [7, 11) is 0. The van der Waals surface area contributed by atoms with E-state index in [0.717, 1.165) is 0 Å². The number of carboxylic acids is 1. The molecule has 1 heterocycles. The summed E-state index contributed by atoms with van der Waals surface area (Å²) in [6.45, 7) is 0. The second-order valence-electron chi connectivity index (χ2n) is 4.65. The number of halogens is 1. The molecule has 1 amide bonds. The van der Waals surface area contributed by atoms with E-state index in [1.165, 1.54) is 24.3 Å². The van der Waals surface area contributed by atoms with Crippen LogP contribution in [-0.2, 0) is 4.79 Å². The van der Waals surface area contributed by atoms with E-state index in [1.807, 2.05) is 0 Å². The number of carbonyl (C=O) groups excluding carboxylic acids is 1. The van der Waals surface area contributed by atoms with E-state index in [2.05, 4.69) is 10.6 Å². The van der Waals surface area contributed by atoms with E-state index in [4.69, 9.17) is 5.11 Å². The Bertz CT molecular complexity index is 745. The third-order valence-electron chi connectivity index (χ3n) is 3.30. The SMILES string of the molecule is O=C(O)c1ccccc1NC1C(=O)Nc2ccc(F)cc21. The third-order valence-corrected chi connectivity index (χ3v) is 3.30. The Balaban J connectivity index is 1.98. The standard InChI is InChI=1S/C15H11FN2O3/c16-8-5-6-12-10(7-8)13(14(19)18-12)17-11-4-2-1-3-9(11)15(20)21/h1-7,13,17H,(H,18,19)(H,20,21). The van der Waals surface area contributed by atoms with Crippen LogP contribution < -0.4 is 10.6 Å². The van der Waals surface area contributed by atoms with Gasteiger partial charge in [0.05, 0.1) is 5.56 Å². The Morgan fingerprint density at radius 2 is 2.00 bits per heavy atom. The van der Waals surface area contributed by atoms with Crippen LogP contribution in [0.25, 0.3) is 0 Å². The van der Waals surface area contributed by atoms with Crippen LogP contribution in [0.3, 0.4) is 0 Å². The molecule has 21 heavy (non-hydrogen) atoms. The molecule has 3 N–H and O–H groups in total. The van der Waals surface area contributed by atoms with Gasteiger partial charge in [0.15, 0.2) is 0 Å². The second-order valence-corrected chi connectivity index (χ2v) is 4.65. The Kier molecular flexibility index (Phi) is 3.06. The zero-order chi connectivity index (χ0) is 15.0. The van der Waals surface area contributed by atoms with Gasteiger partial charge < -0.3 is 15.7 Å². The van der Waals surface area contributed by atoms with Gasteiger partial charge in [0.1, 0.15) is 11.9 Å². The van der Waals surface area contributed by atoms with Crippen LogP contribution >= 0.6 is 0 Å². The number of fused-ring (bicyclic) bond motifs is 1. The van der Waals surface area contributed by atoms with Crippen LogP contribution in [0.2, 0.25) is 0 Å². The first-order valence-electron chi connectivity index (χ1n) is 6.25. The molecule has 0 fully saturated rings. The second kappa shape index (κ2) is 4.90. The number of nitrogens with one attached hydrogen (secondary N) is 2. The van der Waals surface area contributed by atoms with Gasteiger partial charge in [-0.15, -0.1) is 0 Å². The minimum atomic E-state index is -1.10. The number of aromatic carboxylic acids is 1. The van der Waals surface area contributed by atoms with Crippen molar-refractivity contribution >= 4 is 23.3 Å². The molecule has 0 aromatic heterocycles. The highest BCUT2D eigenvalue weighted by atomic mass is 19.1. The van der Waals surface area contributed by atoms with E-state index < -0.39 is 17.8 Å². The third kappa shape index (κ3) is 2.31. The van der Waals surface area contributed by atoms with Crippen molar-refractivity contribution in [3.63, 3.8) is 0 Å². The number of carbonyl (C=O) groups is 2. The molecule has 0 saturated heterocycles. The fourth-order valence-electron chi connectivity index (χ4n) is 2.33. The average Bonchev–Trinajstić information content (AvgIpc) is 2.75. The van der Waals surface area contributed by atoms with Gasteiger partial charge in [0.2, 0.25) is 0 Å². The molecule has 0 bridgehead atoms. The van der Waals surface area contributed by atoms with Crippen LogP contribution in [0, 0.1) is 5.82 Å². The van der Waals surface area contributed by atoms with Gasteiger partial charge >= 0.3 is 5.97 Å². The Morgan fingerprint density at radius 3 is 2.76 bits per heavy atom. The smallest absolute Gasteiger partial charge is 0.337 e. The number of hydrogen-bond acceptors (Lipinski definition) is 3. The van der Waals surface area contributed by atoms with Crippen LogP contribution in [0.5, 0.6) is 0 Å². The molecule has 106 valence electrons. The van der Waals surface area contributed by atoms with E-state index in [0.29, 0.717) is 16.9 Å². The van der Waals surface area contributed by atoms with Gasteiger partial charge in [-0.1, -0.05) is 12.1 Å². The van der Waals surface area contributed by atoms with Crippen LogP contribution in [-0.4, -0.2) is 17.0 Å². The number of carboxylic acid groups (broad SMARTS) is 1. The normalized spacial score (nSPS) is 16.2. The van der Waals surface area contributed by atoms with Crippen LogP contribution in [0.1, 0.15) is 22.0 Å². The first-order chi connectivity index (χ1) is 10.1. The van der Waals surface area contributed by atoms with Crippen molar-refractivity contribution in [1.29, 1.82) is 0 Å². The fourth-order valence-corrected chi connectivity index (χ4v) is 2.33. The molecule has 2 aromatic rings. The molecule has 3 rings (SSSR count). The van der Waals surface area contributed by atoms with E-state index in [1.54, 1.807) is 18.2 Å². The van der Waals surface area contributed by atoms with Crippen molar-refractivity contribution < 1.29 is 19.1 Å². The topological polar surface area (TPSA) is 78.4 Å². The molecule has 2 aromatic carbocycles. The predicted octanol–water partition coefficient (Wildman–Crippen LogP) is 2.63. The maximum Gasteiger partial charge on any atom is 0.337 e. The van der Waals surface area contributed by atoms with Gasteiger partial charge in [-0.05, 0) is 30.3 Å². The summed E-state index contributed by atoms with van der Waals surface area (Å²) in [5.74, 6) is -1.91. The van der Waals surface area contributed by atoms with Gasteiger partial charge in [-0.25, -0.2) is 9.18 Å². The zero-order valence-corrected chi connectivity index (χ0v) is 10.8. The molecule has 1 aliphatic heterocycles. The number of benzene rings is 2. The molecule has 5 nitrogen and oxygen atoms in total. The van der Waals surface area contributed by atoms with Crippen LogP contribution in [0.4, 0.5) is 15.8 Å². The molecular weight excluding hydrogens is 275 g/mol. The summed E-state index contributed by atoms with van der Waals surface area (Å²) in [4.78, 5) is 23.2. The molecule has 0 radical (unpaired) electrons. The van der Waals surface area contributed by atoms with E-state index in [9.17, 15) is 14.0 Å². The van der Waals surface area contributed by atoms with Crippen molar-refractivity contribution in [3.05, 3.63) is 59.4 Å². The first-order valence-corrected chi connectivity index (χ1v) is 6.25. The lowest BCUT2D eigenvalue weighted by molar-refractivity contribution is -0.116. The molecule has 6 heteroatoms. The van der Waals surface area contributed by atoms with Gasteiger partial charge in [0, 0.05) is 16.9 Å². The molecule has 0 saturated carbocycles. The lowest BCUT2D eigenvalue weighted by atomic mass is 10.1. The number of rotatable bonds is 3. The summed E-state index contributed by atoms with van der Waals surface area (Å²) in [5, 5.41) is 14.6. The van der Waals surface area contributed by atoms with E-state index >= 15 is 0 Å². The van der Waals surface area contributed by atoms with Crippen molar-refractivity contribution in [3.8, 4) is 0 Å². The number of hydrogen-bond donors (Lipinski definition) is 3. The van der Waals surface area contributed by atoms with Crippen molar-refractivity contribution in [2.24, 2.45) is 0 Å². The molecule has 0 aliphatic carbocycles. The number of para-hydroxylation sites is 1. The quantitative estimate of drug-likeness (QED) is 0.810. The summed E-state index contributed by atoms with van der Waals surface area (Å²) in [6, 6.07) is 9.42. The summed E-state index contributed by atoms with van der Waals surface area (Å²) >= 11 is 0. The Hall–Kier alpha value is -2.89. The van der Waals surface area contributed by atoms with Crippen LogP contribution in [0.15, 0.2) is 42.5 Å². The summed E-state index contributed by atoms with van der Waals surface area (Å²) < 4.78 is 13.3. The lowest BCUT2D eigenvalue weighted by Crippen LogP contribution is -2.21. The molecule has 1 aliphatic rings. The highest BCUT2D eigenvalue weighted by molar-refractivity contribution is 6.05. The number of amides is 1. The highest BCUT2D eigenvalue weighted by Crippen LogP contribution is 2.34. The largest absolute Gasteiger partial charge is 0.478 e. The van der Waals surface area contributed by atoms with Gasteiger partial charge in [0.25, 0.3) is 5.91 Å². The van der Waals surface area contributed by atoms with Crippen molar-refractivity contribution in [2.75, 3.05) is 10.6 Å². The summed E-state index contributed by atoms with van der Waals surface area (Å²) in [6.07, 6.45) is 0. The van der Waals surface area contributed by atoms with Crippen molar-refractivity contribution in [2.45, 2.75) is 6.04 Å². The highest BCUT2D eigenvalue weighted by Gasteiger charge is 2.31. The first kappa shape index (κ1) is 13.1. The predicted molar refractivity (Wildman–Crippen MR) is 74.8 cm³/mol. The Morgan fingerprint density at radius 1 is 1.24 bits per heavy atom. The molecular formula is C15H11FN2O3. The monoisotopic (exact) mass is 286 g/mol. The van der Waals surface area contributed by atoms with E-state index in [-0.39, 0.29) is 11.5 Å². The number of anilines is 2.